The second-order valence-electron chi connectivity index (χ2n) is 5.83. The van der Waals surface area contributed by atoms with Gasteiger partial charge in [-0.05, 0) is 51.9 Å². The predicted molar refractivity (Wildman–Crippen MR) is 90.9 cm³/mol. The van der Waals surface area contributed by atoms with E-state index in [1.165, 1.54) is 16.7 Å². The SMILES string of the molecule is CCCNC(CN(C)CCOCC)c1cc(C)ccc1C. The van der Waals surface area contributed by atoms with Gasteiger partial charge in [-0.15, -0.1) is 0 Å². The molecule has 0 saturated heterocycles. The number of benzene rings is 1. The Morgan fingerprint density at radius 2 is 2.00 bits per heavy atom. The summed E-state index contributed by atoms with van der Waals surface area (Å²) in [4.78, 5) is 2.35. The molecule has 1 atom stereocenters. The van der Waals surface area contributed by atoms with Crippen LogP contribution in [0.4, 0.5) is 0 Å². The van der Waals surface area contributed by atoms with E-state index in [1.54, 1.807) is 0 Å². The Labute approximate surface area is 130 Å². The van der Waals surface area contributed by atoms with Gasteiger partial charge in [0.2, 0.25) is 0 Å². The fourth-order valence-electron chi connectivity index (χ4n) is 2.49. The van der Waals surface area contributed by atoms with Crippen molar-refractivity contribution in [2.24, 2.45) is 0 Å². The predicted octanol–water partition coefficient (Wildman–Crippen LogP) is 3.31. The Hall–Kier alpha value is -0.900. The largest absolute Gasteiger partial charge is 0.380 e. The van der Waals surface area contributed by atoms with Crippen LogP contribution in [0.15, 0.2) is 18.2 Å². The molecular formula is C18H32N2O. The van der Waals surface area contributed by atoms with Crippen LogP contribution < -0.4 is 5.32 Å². The number of rotatable bonds is 10. The van der Waals surface area contributed by atoms with E-state index in [9.17, 15) is 0 Å². The van der Waals surface area contributed by atoms with Gasteiger partial charge in [-0.1, -0.05) is 30.7 Å². The van der Waals surface area contributed by atoms with Crippen LogP contribution in [0.5, 0.6) is 0 Å². The van der Waals surface area contributed by atoms with Crippen LogP contribution in [0.2, 0.25) is 0 Å². The number of nitrogens with one attached hydrogen (secondary N) is 1. The standard InChI is InChI=1S/C18H32N2O/c1-6-10-19-18(14-20(5)11-12-21-7-2)17-13-15(3)8-9-16(17)4/h8-9,13,18-19H,6-7,10-12,14H2,1-5H3. The number of hydrogen-bond acceptors (Lipinski definition) is 3. The van der Waals surface area contributed by atoms with E-state index in [-0.39, 0.29) is 0 Å². The Morgan fingerprint density at radius 1 is 1.24 bits per heavy atom. The maximum Gasteiger partial charge on any atom is 0.0593 e. The van der Waals surface area contributed by atoms with Crippen LogP contribution in [-0.4, -0.2) is 44.8 Å². The molecule has 1 rings (SSSR count). The van der Waals surface area contributed by atoms with Gasteiger partial charge in [0.05, 0.1) is 6.61 Å². The van der Waals surface area contributed by atoms with Crippen LogP contribution in [0, 0.1) is 13.8 Å². The van der Waals surface area contributed by atoms with Gasteiger partial charge in [-0.25, -0.2) is 0 Å². The molecule has 0 heterocycles. The average Bonchev–Trinajstić information content (AvgIpc) is 2.46. The molecule has 3 heteroatoms. The van der Waals surface area contributed by atoms with Gasteiger partial charge in [0, 0.05) is 25.7 Å². The zero-order chi connectivity index (χ0) is 15.7. The Morgan fingerprint density at radius 3 is 2.67 bits per heavy atom. The lowest BCUT2D eigenvalue weighted by molar-refractivity contribution is 0.119. The highest BCUT2D eigenvalue weighted by atomic mass is 16.5. The zero-order valence-electron chi connectivity index (χ0n) is 14.4. The molecular weight excluding hydrogens is 260 g/mol. The second-order valence-corrected chi connectivity index (χ2v) is 5.83. The molecule has 0 fully saturated rings. The summed E-state index contributed by atoms with van der Waals surface area (Å²) in [5.74, 6) is 0. The zero-order valence-corrected chi connectivity index (χ0v) is 14.4. The van der Waals surface area contributed by atoms with Crippen molar-refractivity contribution >= 4 is 0 Å². The van der Waals surface area contributed by atoms with E-state index >= 15 is 0 Å². The highest BCUT2D eigenvalue weighted by Crippen LogP contribution is 2.20. The first-order valence-electron chi connectivity index (χ1n) is 8.15. The minimum atomic E-state index is 0.386. The molecule has 0 aliphatic rings. The van der Waals surface area contributed by atoms with Gasteiger partial charge >= 0.3 is 0 Å². The van der Waals surface area contributed by atoms with Crippen LogP contribution >= 0.6 is 0 Å². The number of aryl methyl sites for hydroxylation is 2. The van der Waals surface area contributed by atoms with E-state index in [4.69, 9.17) is 4.74 Å². The van der Waals surface area contributed by atoms with Gasteiger partial charge in [0.25, 0.3) is 0 Å². The Balaban J connectivity index is 2.72. The highest BCUT2D eigenvalue weighted by molar-refractivity contribution is 5.33. The molecule has 21 heavy (non-hydrogen) atoms. The number of nitrogens with zero attached hydrogens (tertiary/aromatic N) is 1. The molecule has 0 aliphatic heterocycles. The average molecular weight is 292 g/mol. The Kier molecular flexibility index (Phi) is 8.58. The third-order valence-electron chi connectivity index (χ3n) is 3.77. The molecule has 1 aromatic rings. The lowest BCUT2D eigenvalue weighted by atomic mass is 9.98. The van der Waals surface area contributed by atoms with Crippen molar-refractivity contribution in [2.75, 3.05) is 39.9 Å². The van der Waals surface area contributed by atoms with Crippen molar-refractivity contribution in [3.63, 3.8) is 0 Å². The third-order valence-corrected chi connectivity index (χ3v) is 3.77. The molecule has 0 saturated carbocycles. The Bertz CT molecular complexity index is 406. The highest BCUT2D eigenvalue weighted by Gasteiger charge is 2.15. The molecule has 1 N–H and O–H groups in total. The first-order chi connectivity index (χ1) is 10.1. The summed E-state index contributed by atoms with van der Waals surface area (Å²) in [7, 11) is 2.17. The van der Waals surface area contributed by atoms with Crippen molar-refractivity contribution in [3.8, 4) is 0 Å². The van der Waals surface area contributed by atoms with Crippen molar-refractivity contribution in [2.45, 2.75) is 40.2 Å². The molecule has 0 aliphatic carbocycles. The number of likely N-dealkylation sites (N-methyl/N-ethyl adjacent to an activating group) is 1. The summed E-state index contributed by atoms with van der Waals surface area (Å²) in [6, 6.07) is 7.12. The molecule has 3 nitrogen and oxygen atoms in total. The van der Waals surface area contributed by atoms with Crippen molar-refractivity contribution < 1.29 is 4.74 Å². The van der Waals surface area contributed by atoms with Crippen LogP contribution in [0.3, 0.4) is 0 Å². The van der Waals surface area contributed by atoms with E-state index in [0.29, 0.717) is 6.04 Å². The van der Waals surface area contributed by atoms with Crippen LogP contribution in [0.25, 0.3) is 0 Å². The minimum Gasteiger partial charge on any atom is -0.380 e. The summed E-state index contributed by atoms with van der Waals surface area (Å²) in [5, 5.41) is 3.69. The molecule has 120 valence electrons. The van der Waals surface area contributed by atoms with E-state index < -0.39 is 0 Å². The lowest BCUT2D eigenvalue weighted by Gasteiger charge is -2.27. The summed E-state index contributed by atoms with van der Waals surface area (Å²) in [6.07, 6.45) is 1.16. The van der Waals surface area contributed by atoms with Gasteiger partial charge in [0.15, 0.2) is 0 Å². The molecule has 1 unspecified atom stereocenters. The molecule has 0 radical (unpaired) electrons. The molecule has 0 bridgehead atoms. The van der Waals surface area contributed by atoms with E-state index in [2.05, 4.69) is 56.2 Å². The van der Waals surface area contributed by atoms with Crippen molar-refractivity contribution in [3.05, 3.63) is 34.9 Å². The molecule has 0 aromatic heterocycles. The first-order valence-corrected chi connectivity index (χ1v) is 8.15. The van der Waals surface area contributed by atoms with Gasteiger partial charge < -0.3 is 15.0 Å². The van der Waals surface area contributed by atoms with Crippen molar-refractivity contribution in [1.29, 1.82) is 0 Å². The molecule has 1 aromatic carbocycles. The van der Waals surface area contributed by atoms with Gasteiger partial charge in [0.1, 0.15) is 0 Å². The van der Waals surface area contributed by atoms with E-state index in [1.807, 2.05) is 6.92 Å². The van der Waals surface area contributed by atoms with Crippen LogP contribution in [0.1, 0.15) is 43.0 Å². The van der Waals surface area contributed by atoms with Gasteiger partial charge in [-0.3, -0.25) is 0 Å². The topological polar surface area (TPSA) is 24.5 Å². The number of hydrogen-bond donors (Lipinski definition) is 1. The summed E-state index contributed by atoms with van der Waals surface area (Å²) in [6.45, 7) is 13.3. The fourth-order valence-corrected chi connectivity index (χ4v) is 2.49. The molecule has 0 amide bonds. The first kappa shape index (κ1) is 18.1. The lowest BCUT2D eigenvalue weighted by Crippen LogP contribution is -2.35. The van der Waals surface area contributed by atoms with E-state index in [0.717, 1.165) is 39.3 Å². The second kappa shape index (κ2) is 9.93. The summed E-state index contributed by atoms with van der Waals surface area (Å²) < 4.78 is 5.45. The normalized spacial score (nSPS) is 12.9. The smallest absolute Gasteiger partial charge is 0.0593 e. The van der Waals surface area contributed by atoms with Crippen LogP contribution in [-0.2, 0) is 4.74 Å². The maximum absolute atomic E-state index is 5.45. The minimum absolute atomic E-state index is 0.386. The number of ether oxygens (including phenoxy) is 1. The monoisotopic (exact) mass is 292 g/mol. The quantitative estimate of drug-likeness (QED) is 0.670. The summed E-state index contributed by atoms with van der Waals surface area (Å²) in [5.41, 5.74) is 4.12. The fraction of sp³-hybridized carbons (Fsp3) is 0.667. The maximum atomic E-state index is 5.45. The summed E-state index contributed by atoms with van der Waals surface area (Å²) >= 11 is 0. The van der Waals surface area contributed by atoms with Gasteiger partial charge in [-0.2, -0.15) is 0 Å². The third kappa shape index (κ3) is 6.60. The van der Waals surface area contributed by atoms with Crippen molar-refractivity contribution in [1.82, 2.24) is 10.2 Å². The molecule has 0 spiro atoms.